The van der Waals surface area contributed by atoms with Gasteiger partial charge >= 0.3 is 0 Å². The second-order valence-corrected chi connectivity index (χ2v) is 3.25. The van der Waals surface area contributed by atoms with Crippen LogP contribution in [0.1, 0.15) is 0 Å². The van der Waals surface area contributed by atoms with Crippen LogP contribution < -0.4 is 5.73 Å². The van der Waals surface area contributed by atoms with Crippen LogP contribution in [0.5, 0.6) is 0 Å². The van der Waals surface area contributed by atoms with E-state index in [9.17, 15) is 4.39 Å². The third-order valence-corrected chi connectivity index (χ3v) is 2.01. The van der Waals surface area contributed by atoms with Crippen LogP contribution >= 0.6 is 15.9 Å². The Morgan fingerprint density at radius 1 is 1.31 bits per heavy atom. The average molecular weight is 242 g/mol. The van der Waals surface area contributed by atoms with Crippen LogP contribution in [0, 0.1) is 5.82 Å². The van der Waals surface area contributed by atoms with E-state index >= 15 is 0 Å². The summed E-state index contributed by atoms with van der Waals surface area (Å²) in [5, 5.41) is 0.531. The fraction of sp³-hybridized carbons (Fsp3) is 0. The molecule has 0 aliphatic rings. The number of hydrogen-bond acceptors (Lipinski definition) is 3. The van der Waals surface area contributed by atoms with Crippen LogP contribution in [-0.4, -0.2) is 9.97 Å². The van der Waals surface area contributed by atoms with E-state index in [1.54, 1.807) is 6.07 Å². The number of rotatable bonds is 0. The molecule has 0 amide bonds. The van der Waals surface area contributed by atoms with Crippen molar-refractivity contribution in [3.63, 3.8) is 0 Å². The van der Waals surface area contributed by atoms with E-state index in [4.69, 9.17) is 5.73 Å². The number of nitrogens with zero attached hydrogens (tertiary/aromatic N) is 2. The van der Waals surface area contributed by atoms with Crippen molar-refractivity contribution in [2.75, 3.05) is 5.73 Å². The smallest absolute Gasteiger partial charge is 0.199 e. The molecule has 0 atom stereocenters. The molecule has 1 aromatic carbocycles. The van der Waals surface area contributed by atoms with Gasteiger partial charge in [0.2, 0.25) is 0 Å². The van der Waals surface area contributed by atoms with Crippen molar-refractivity contribution in [1.82, 2.24) is 9.97 Å². The summed E-state index contributed by atoms with van der Waals surface area (Å²) in [7, 11) is 0. The van der Waals surface area contributed by atoms with E-state index in [-0.39, 0.29) is 11.6 Å². The molecule has 0 saturated heterocycles. The first-order valence-electron chi connectivity index (χ1n) is 3.55. The zero-order chi connectivity index (χ0) is 9.42. The minimum atomic E-state index is -0.342. The number of benzene rings is 1. The third kappa shape index (κ3) is 1.47. The predicted octanol–water partition coefficient (Wildman–Crippen LogP) is 2.11. The number of fused-ring (bicyclic) bond motifs is 1. The molecular weight excluding hydrogens is 237 g/mol. The maximum Gasteiger partial charge on any atom is 0.199 e. The lowest BCUT2D eigenvalue weighted by Gasteiger charge is -2.00. The SMILES string of the molecule is Nc1nc(Br)nc2ccc(F)cc12. The van der Waals surface area contributed by atoms with Gasteiger partial charge in [-0.1, -0.05) is 0 Å². The van der Waals surface area contributed by atoms with Gasteiger partial charge in [-0.2, -0.15) is 0 Å². The molecule has 3 nitrogen and oxygen atoms in total. The lowest BCUT2D eigenvalue weighted by molar-refractivity contribution is 0.629. The summed E-state index contributed by atoms with van der Waals surface area (Å²) in [6.45, 7) is 0. The topological polar surface area (TPSA) is 51.8 Å². The third-order valence-electron chi connectivity index (χ3n) is 1.66. The Morgan fingerprint density at radius 2 is 2.08 bits per heavy atom. The Balaban J connectivity index is 2.87. The maximum atomic E-state index is 12.8. The first-order valence-corrected chi connectivity index (χ1v) is 4.34. The molecular formula is C8H5BrFN3. The second kappa shape index (κ2) is 2.92. The molecule has 0 radical (unpaired) electrons. The van der Waals surface area contributed by atoms with E-state index in [1.807, 2.05) is 0 Å². The quantitative estimate of drug-likeness (QED) is 0.720. The molecule has 13 heavy (non-hydrogen) atoms. The molecule has 0 saturated carbocycles. The largest absolute Gasteiger partial charge is 0.383 e. The fourth-order valence-corrected chi connectivity index (χ4v) is 1.48. The number of hydrogen-bond donors (Lipinski definition) is 1. The summed E-state index contributed by atoms with van der Waals surface area (Å²) < 4.78 is 13.2. The summed E-state index contributed by atoms with van der Waals surface area (Å²) in [6.07, 6.45) is 0. The van der Waals surface area contributed by atoms with E-state index in [2.05, 4.69) is 25.9 Å². The van der Waals surface area contributed by atoms with Crippen molar-refractivity contribution >= 4 is 32.7 Å². The van der Waals surface area contributed by atoms with E-state index < -0.39 is 0 Å². The molecule has 0 unspecified atom stereocenters. The maximum absolute atomic E-state index is 12.8. The summed E-state index contributed by atoms with van der Waals surface area (Å²) >= 11 is 3.11. The highest BCUT2D eigenvalue weighted by Crippen LogP contribution is 2.20. The highest BCUT2D eigenvalue weighted by molar-refractivity contribution is 9.10. The molecule has 0 spiro atoms. The van der Waals surface area contributed by atoms with Gasteiger partial charge < -0.3 is 5.73 Å². The highest BCUT2D eigenvalue weighted by atomic mass is 79.9. The van der Waals surface area contributed by atoms with Gasteiger partial charge in [0.15, 0.2) is 4.73 Å². The molecule has 2 N–H and O–H groups in total. The van der Waals surface area contributed by atoms with Gasteiger partial charge in [-0.05, 0) is 34.1 Å². The molecule has 0 aliphatic carbocycles. The van der Waals surface area contributed by atoms with Crippen LogP contribution in [0.4, 0.5) is 10.2 Å². The van der Waals surface area contributed by atoms with Crippen molar-refractivity contribution in [2.45, 2.75) is 0 Å². The molecule has 2 aromatic rings. The van der Waals surface area contributed by atoms with E-state index in [1.165, 1.54) is 12.1 Å². The van der Waals surface area contributed by atoms with Gasteiger partial charge in [0, 0.05) is 5.39 Å². The van der Waals surface area contributed by atoms with Gasteiger partial charge in [0.25, 0.3) is 0 Å². The Labute approximate surface area is 81.9 Å². The standard InChI is InChI=1S/C8H5BrFN3/c9-8-12-6-2-1-4(10)3-5(6)7(11)13-8/h1-3H,(H2,11,12,13). The number of aromatic nitrogens is 2. The second-order valence-electron chi connectivity index (χ2n) is 2.54. The average Bonchev–Trinajstić information content (AvgIpc) is 2.06. The van der Waals surface area contributed by atoms with Gasteiger partial charge in [-0.15, -0.1) is 0 Å². The van der Waals surface area contributed by atoms with Gasteiger partial charge in [-0.25, -0.2) is 14.4 Å². The molecule has 1 heterocycles. The Morgan fingerprint density at radius 3 is 2.85 bits per heavy atom. The van der Waals surface area contributed by atoms with Crippen LogP contribution in [0.3, 0.4) is 0 Å². The molecule has 2 rings (SSSR count). The zero-order valence-electron chi connectivity index (χ0n) is 6.46. The highest BCUT2D eigenvalue weighted by Gasteiger charge is 2.03. The molecule has 1 aromatic heterocycles. The first kappa shape index (κ1) is 8.37. The Hall–Kier alpha value is -1.23. The number of halogens is 2. The Bertz CT molecular complexity index is 472. The summed E-state index contributed by atoms with van der Waals surface area (Å²) in [5.41, 5.74) is 6.20. The summed E-state index contributed by atoms with van der Waals surface area (Å²) in [6, 6.07) is 4.21. The molecule has 0 fully saturated rings. The molecule has 0 aliphatic heterocycles. The normalized spacial score (nSPS) is 10.6. The Kier molecular flexibility index (Phi) is 1.88. The van der Waals surface area contributed by atoms with Gasteiger partial charge in [0.1, 0.15) is 11.6 Å². The van der Waals surface area contributed by atoms with Crippen molar-refractivity contribution in [1.29, 1.82) is 0 Å². The first-order chi connectivity index (χ1) is 6.16. The van der Waals surface area contributed by atoms with Gasteiger partial charge in [0.05, 0.1) is 5.52 Å². The molecule has 5 heteroatoms. The predicted molar refractivity (Wildman–Crippen MR) is 51.6 cm³/mol. The minimum Gasteiger partial charge on any atom is -0.383 e. The van der Waals surface area contributed by atoms with E-state index in [0.717, 1.165) is 0 Å². The fourth-order valence-electron chi connectivity index (χ4n) is 1.09. The van der Waals surface area contributed by atoms with Gasteiger partial charge in [-0.3, -0.25) is 0 Å². The van der Waals surface area contributed by atoms with Crippen molar-refractivity contribution in [3.05, 3.63) is 28.7 Å². The summed E-state index contributed by atoms with van der Waals surface area (Å²) in [4.78, 5) is 7.90. The van der Waals surface area contributed by atoms with E-state index in [0.29, 0.717) is 15.6 Å². The number of nitrogens with two attached hydrogens (primary N) is 1. The molecule has 0 bridgehead atoms. The molecule has 66 valence electrons. The lowest BCUT2D eigenvalue weighted by Crippen LogP contribution is -1.95. The minimum absolute atomic E-state index is 0.274. The monoisotopic (exact) mass is 241 g/mol. The van der Waals surface area contributed by atoms with Crippen LogP contribution in [-0.2, 0) is 0 Å². The van der Waals surface area contributed by atoms with Crippen LogP contribution in [0.2, 0.25) is 0 Å². The van der Waals surface area contributed by atoms with Crippen molar-refractivity contribution < 1.29 is 4.39 Å². The van der Waals surface area contributed by atoms with Crippen LogP contribution in [0.25, 0.3) is 10.9 Å². The lowest BCUT2D eigenvalue weighted by atomic mass is 10.2. The number of nitrogen functional groups attached to an aromatic ring is 1. The van der Waals surface area contributed by atoms with Crippen LogP contribution in [0.15, 0.2) is 22.9 Å². The van der Waals surface area contributed by atoms with Crippen molar-refractivity contribution in [3.8, 4) is 0 Å². The number of anilines is 1. The summed E-state index contributed by atoms with van der Waals surface area (Å²) in [5.74, 6) is -0.0681. The zero-order valence-corrected chi connectivity index (χ0v) is 8.05. The van der Waals surface area contributed by atoms with Crippen molar-refractivity contribution in [2.24, 2.45) is 0 Å².